The Kier molecular flexibility index (Phi) is 6.94. The summed E-state index contributed by atoms with van der Waals surface area (Å²) in [7, 11) is 0. The fourth-order valence-electron chi connectivity index (χ4n) is 3.59. The molecule has 0 bridgehead atoms. The fourth-order valence-corrected chi connectivity index (χ4v) is 4.26. The van der Waals surface area contributed by atoms with Gasteiger partial charge in [-0.3, -0.25) is 19.9 Å². The summed E-state index contributed by atoms with van der Waals surface area (Å²) in [6.45, 7) is 2.67. The van der Waals surface area contributed by atoms with Crippen LogP contribution in [-0.4, -0.2) is 45.7 Å². The molecular weight excluding hydrogens is 457 g/mol. The first-order valence-corrected chi connectivity index (χ1v) is 11.2. The highest BCUT2D eigenvalue weighted by atomic mass is 32.2. The minimum absolute atomic E-state index is 0.303. The Labute approximate surface area is 192 Å². The smallest absolute Gasteiger partial charge is 0.341 e. The first-order valence-electron chi connectivity index (χ1n) is 10.3. The number of carbonyl (C=O) groups excluding carboxylic acids is 2. The van der Waals surface area contributed by atoms with Gasteiger partial charge in [-0.1, -0.05) is 0 Å². The van der Waals surface area contributed by atoms with E-state index in [1.807, 2.05) is 0 Å². The van der Waals surface area contributed by atoms with Crippen molar-refractivity contribution in [1.29, 1.82) is 0 Å². The summed E-state index contributed by atoms with van der Waals surface area (Å²) in [5, 5.41) is 5.09. The molecule has 8 nitrogen and oxygen atoms in total. The Hall–Kier alpha value is -2.99. The third-order valence-corrected chi connectivity index (χ3v) is 6.18. The summed E-state index contributed by atoms with van der Waals surface area (Å²) in [5.41, 5.74) is 0.371. The van der Waals surface area contributed by atoms with Gasteiger partial charge in [0.1, 0.15) is 0 Å². The van der Waals surface area contributed by atoms with Crippen molar-refractivity contribution >= 4 is 34.9 Å². The molecule has 0 atom stereocenters. The van der Waals surface area contributed by atoms with E-state index in [0.29, 0.717) is 34.7 Å². The lowest BCUT2D eigenvalue weighted by Gasteiger charge is -2.32. The van der Waals surface area contributed by atoms with Crippen LogP contribution in [0.1, 0.15) is 29.8 Å². The van der Waals surface area contributed by atoms with Crippen LogP contribution in [0.2, 0.25) is 0 Å². The zero-order valence-electron chi connectivity index (χ0n) is 17.4. The first kappa shape index (κ1) is 23.2. The number of halogens is 3. The highest BCUT2D eigenvalue weighted by Crippen LogP contribution is 2.28. The standard InChI is InChI=1S/C21H21F3N6O2S/c22-21(23,24)14-1-2-16(27-11-14)12-25-10-13-4-7-30(8-5-13)19-26-6-3-15(28-19)9-17-18(31)29-20(32)33-17/h1-3,6,9,11,13,25H,4-5,7-8,10,12H2,(H,29,31,32)/b17-9-. The van der Waals surface area contributed by atoms with Crippen molar-refractivity contribution in [3.63, 3.8) is 0 Å². The van der Waals surface area contributed by atoms with E-state index in [0.717, 1.165) is 56.5 Å². The van der Waals surface area contributed by atoms with Gasteiger partial charge in [0.2, 0.25) is 5.95 Å². The molecule has 2 aliphatic heterocycles. The molecule has 0 spiro atoms. The van der Waals surface area contributed by atoms with E-state index in [1.54, 1.807) is 18.3 Å². The molecule has 12 heteroatoms. The second-order valence-electron chi connectivity index (χ2n) is 7.73. The topological polar surface area (TPSA) is 100 Å². The predicted molar refractivity (Wildman–Crippen MR) is 117 cm³/mol. The Morgan fingerprint density at radius 3 is 2.61 bits per heavy atom. The molecule has 0 aliphatic carbocycles. The lowest BCUT2D eigenvalue weighted by molar-refractivity contribution is -0.137. The van der Waals surface area contributed by atoms with Gasteiger partial charge < -0.3 is 10.2 Å². The zero-order chi connectivity index (χ0) is 23.4. The van der Waals surface area contributed by atoms with Crippen molar-refractivity contribution in [3.8, 4) is 0 Å². The van der Waals surface area contributed by atoms with Crippen molar-refractivity contribution < 1.29 is 22.8 Å². The van der Waals surface area contributed by atoms with Gasteiger partial charge in [0.25, 0.3) is 11.1 Å². The van der Waals surface area contributed by atoms with E-state index in [4.69, 9.17) is 0 Å². The third-order valence-electron chi connectivity index (χ3n) is 5.37. The van der Waals surface area contributed by atoms with Crippen LogP contribution in [0.15, 0.2) is 35.5 Å². The number of amides is 2. The maximum atomic E-state index is 12.6. The summed E-state index contributed by atoms with van der Waals surface area (Å²) < 4.78 is 37.8. The third kappa shape index (κ3) is 6.08. The van der Waals surface area contributed by atoms with Crippen molar-refractivity contribution in [3.05, 3.63) is 52.4 Å². The number of nitrogens with zero attached hydrogens (tertiary/aromatic N) is 4. The van der Waals surface area contributed by atoms with E-state index in [2.05, 4.69) is 30.5 Å². The summed E-state index contributed by atoms with van der Waals surface area (Å²) in [5.74, 6) is 0.565. The molecule has 33 heavy (non-hydrogen) atoms. The number of aromatic nitrogens is 3. The van der Waals surface area contributed by atoms with Crippen LogP contribution in [0.3, 0.4) is 0 Å². The van der Waals surface area contributed by atoms with Crippen LogP contribution < -0.4 is 15.5 Å². The molecule has 2 aromatic rings. The van der Waals surface area contributed by atoms with E-state index >= 15 is 0 Å². The van der Waals surface area contributed by atoms with Gasteiger partial charge in [0.05, 0.1) is 21.9 Å². The summed E-state index contributed by atoms with van der Waals surface area (Å²) in [6, 6.07) is 4.11. The average Bonchev–Trinajstić information content (AvgIpc) is 3.10. The van der Waals surface area contributed by atoms with Crippen LogP contribution in [0, 0.1) is 5.92 Å². The maximum absolute atomic E-state index is 12.6. The molecule has 0 aromatic carbocycles. The van der Waals surface area contributed by atoms with Gasteiger partial charge in [0.15, 0.2) is 0 Å². The molecule has 2 aromatic heterocycles. The SMILES string of the molecule is O=C1NC(=O)/C(=C/c2ccnc(N3CCC(CNCc4ccc(C(F)(F)F)cn4)CC3)n2)S1. The molecule has 174 valence electrons. The monoisotopic (exact) mass is 478 g/mol. The summed E-state index contributed by atoms with van der Waals surface area (Å²) in [6.07, 6.45) is 1.50. The van der Waals surface area contributed by atoms with E-state index < -0.39 is 22.9 Å². The lowest BCUT2D eigenvalue weighted by atomic mass is 9.97. The number of thioether (sulfide) groups is 1. The molecule has 4 rings (SSSR count). The maximum Gasteiger partial charge on any atom is 0.417 e. The quantitative estimate of drug-likeness (QED) is 0.611. The number of imide groups is 1. The largest absolute Gasteiger partial charge is 0.417 e. The van der Waals surface area contributed by atoms with Crippen LogP contribution >= 0.6 is 11.8 Å². The van der Waals surface area contributed by atoms with E-state index in [1.165, 1.54) is 6.07 Å². The van der Waals surface area contributed by atoms with Crippen LogP contribution in [-0.2, 0) is 17.5 Å². The highest BCUT2D eigenvalue weighted by Gasteiger charge is 2.30. The number of hydrogen-bond acceptors (Lipinski definition) is 8. The normalized spacial score (nSPS) is 18.8. The second kappa shape index (κ2) is 9.87. The number of anilines is 1. The highest BCUT2D eigenvalue weighted by molar-refractivity contribution is 8.18. The summed E-state index contributed by atoms with van der Waals surface area (Å²) in [4.78, 5) is 38.1. The molecule has 0 saturated carbocycles. The van der Waals surface area contributed by atoms with Crippen molar-refractivity contribution in [1.82, 2.24) is 25.6 Å². The fraction of sp³-hybridized carbons (Fsp3) is 0.381. The van der Waals surface area contributed by atoms with Crippen molar-refractivity contribution in [2.45, 2.75) is 25.6 Å². The molecule has 2 aliphatic rings. The van der Waals surface area contributed by atoms with Gasteiger partial charge in [-0.15, -0.1) is 0 Å². The van der Waals surface area contributed by atoms with Gasteiger partial charge in [-0.2, -0.15) is 13.2 Å². The number of nitrogens with one attached hydrogen (secondary N) is 2. The lowest BCUT2D eigenvalue weighted by Crippen LogP contribution is -2.38. The number of piperidine rings is 1. The zero-order valence-corrected chi connectivity index (χ0v) is 18.2. The number of alkyl halides is 3. The number of pyridine rings is 1. The minimum atomic E-state index is -4.38. The molecule has 2 fully saturated rings. The Morgan fingerprint density at radius 2 is 1.97 bits per heavy atom. The van der Waals surface area contributed by atoms with Crippen molar-refractivity contribution in [2.24, 2.45) is 5.92 Å². The molecule has 2 amide bonds. The predicted octanol–water partition coefficient (Wildman–Crippen LogP) is 3.22. The van der Waals surface area contributed by atoms with Gasteiger partial charge >= 0.3 is 6.18 Å². The second-order valence-corrected chi connectivity index (χ2v) is 8.75. The molecule has 0 radical (unpaired) electrons. The minimum Gasteiger partial charge on any atom is -0.341 e. The van der Waals surface area contributed by atoms with Crippen LogP contribution in [0.5, 0.6) is 0 Å². The van der Waals surface area contributed by atoms with Crippen LogP contribution in [0.4, 0.5) is 23.9 Å². The number of carbonyl (C=O) groups is 2. The van der Waals surface area contributed by atoms with Crippen LogP contribution in [0.25, 0.3) is 6.08 Å². The molecular formula is C21H21F3N6O2S. The first-order chi connectivity index (χ1) is 15.8. The number of rotatable bonds is 6. The average molecular weight is 479 g/mol. The molecule has 2 N–H and O–H groups in total. The number of hydrogen-bond donors (Lipinski definition) is 2. The molecule has 0 unspecified atom stereocenters. The van der Waals surface area contributed by atoms with Crippen molar-refractivity contribution in [2.75, 3.05) is 24.5 Å². The Morgan fingerprint density at radius 1 is 1.18 bits per heavy atom. The van der Waals surface area contributed by atoms with E-state index in [-0.39, 0.29) is 0 Å². The van der Waals surface area contributed by atoms with Gasteiger partial charge in [-0.25, -0.2) is 9.97 Å². The summed E-state index contributed by atoms with van der Waals surface area (Å²) >= 11 is 0.844. The molecule has 2 saturated heterocycles. The van der Waals surface area contributed by atoms with E-state index in [9.17, 15) is 22.8 Å². The Bertz CT molecular complexity index is 1050. The van der Waals surface area contributed by atoms with Gasteiger partial charge in [0, 0.05) is 32.0 Å². The Balaban J connectivity index is 1.25. The molecule has 4 heterocycles. The van der Waals surface area contributed by atoms with Gasteiger partial charge in [-0.05, 0) is 61.3 Å².